The van der Waals surface area contributed by atoms with E-state index in [0.29, 0.717) is 26.8 Å². The van der Waals surface area contributed by atoms with E-state index in [0.717, 1.165) is 43.2 Å². The van der Waals surface area contributed by atoms with Crippen molar-refractivity contribution in [3.63, 3.8) is 0 Å². The molecule has 4 heterocycles. The van der Waals surface area contributed by atoms with Crippen LogP contribution >= 0.6 is 22.9 Å². The number of rotatable bonds is 3. The van der Waals surface area contributed by atoms with Gasteiger partial charge >= 0.3 is 6.18 Å². The predicted molar refractivity (Wildman–Crippen MR) is 104 cm³/mol. The molecule has 0 atom stereocenters. The van der Waals surface area contributed by atoms with Crippen molar-refractivity contribution in [2.24, 2.45) is 0 Å². The maximum absolute atomic E-state index is 13.7. The number of piperazine rings is 1. The van der Waals surface area contributed by atoms with Gasteiger partial charge in [-0.1, -0.05) is 18.5 Å². The van der Waals surface area contributed by atoms with Gasteiger partial charge < -0.3 is 9.80 Å². The quantitative estimate of drug-likeness (QED) is 0.616. The number of hydrogen-bond donors (Lipinski definition) is 0. The average Bonchev–Trinajstić information content (AvgIpc) is 3.32. The Balaban J connectivity index is 1.79. The average molecular weight is 444 g/mol. The Bertz CT molecular complexity index is 1060. The number of nitrogens with zero attached hydrogens (tertiary/aromatic N) is 5. The maximum atomic E-state index is 13.7. The first kappa shape index (κ1) is 20.1. The summed E-state index contributed by atoms with van der Waals surface area (Å²) in [6.45, 7) is 5.40. The molecule has 3 aromatic heterocycles. The van der Waals surface area contributed by atoms with E-state index in [1.54, 1.807) is 17.0 Å². The molecule has 29 heavy (non-hydrogen) atoms. The number of thiophene rings is 1. The standard InChI is InChI=1S/C18H17ClF3N5OS/c1-2-25-5-7-26(8-6-25)17(28)11-10-23-27-14(18(20,21)22)9-12(24-16(11)27)13-3-4-15(19)29-13/h3-4,9-10H,2,5-8H2,1H3. The molecule has 1 saturated heterocycles. The van der Waals surface area contributed by atoms with Crippen molar-refractivity contribution in [2.45, 2.75) is 13.1 Å². The lowest BCUT2D eigenvalue weighted by Crippen LogP contribution is -2.48. The molecule has 3 aromatic rings. The molecule has 4 rings (SSSR count). The Morgan fingerprint density at radius 2 is 1.97 bits per heavy atom. The van der Waals surface area contributed by atoms with Crippen LogP contribution in [0.25, 0.3) is 16.2 Å². The second kappa shape index (κ2) is 7.58. The monoisotopic (exact) mass is 443 g/mol. The zero-order valence-corrected chi connectivity index (χ0v) is 17.0. The van der Waals surface area contributed by atoms with Gasteiger partial charge in [-0.3, -0.25) is 4.79 Å². The van der Waals surface area contributed by atoms with Crippen molar-refractivity contribution in [1.29, 1.82) is 0 Å². The molecule has 1 amide bonds. The van der Waals surface area contributed by atoms with Crippen LogP contribution in [-0.4, -0.2) is 63.0 Å². The Labute approximate surface area is 173 Å². The van der Waals surface area contributed by atoms with Crippen molar-refractivity contribution >= 4 is 34.5 Å². The van der Waals surface area contributed by atoms with E-state index in [-0.39, 0.29) is 22.8 Å². The number of carbonyl (C=O) groups is 1. The molecule has 6 nitrogen and oxygen atoms in total. The number of carbonyl (C=O) groups excluding carboxylic acids is 1. The van der Waals surface area contributed by atoms with Crippen LogP contribution in [0.4, 0.5) is 13.2 Å². The van der Waals surface area contributed by atoms with Gasteiger partial charge in [0.1, 0.15) is 5.56 Å². The fourth-order valence-corrected chi connectivity index (χ4v) is 4.34. The smallest absolute Gasteiger partial charge is 0.336 e. The van der Waals surface area contributed by atoms with Gasteiger partial charge in [-0.15, -0.1) is 11.3 Å². The summed E-state index contributed by atoms with van der Waals surface area (Å²) >= 11 is 7.05. The summed E-state index contributed by atoms with van der Waals surface area (Å²) in [6.07, 6.45) is -3.49. The van der Waals surface area contributed by atoms with E-state index in [4.69, 9.17) is 11.6 Å². The second-order valence-corrected chi connectivity index (χ2v) is 8.36. The first-order chi connectivity index (χ1) is 13.8. The Hall–Kier alpha value is -2.17. The van der Waals surface area contributed by atoms with Crippen molar-refractivity contribution < 1.29 is 18.0 Å². The van der Waals surface area contributed by atoms with Gasteiger partial charge in [-0.2, -0.15) is 18.3 Å². The third kappa shape index (κ3) is 3.84. The molecule has 0 radical (unpaired) electrons. The normalized spacial score (nSPS) is 16.0. The summed E-state index contributed by atoms with van der Waals surface area (Å²) in [4.78, 5) is 21.7. The van der Waals surface area contributed by atoms with Gasteiger partial charge in [0.25, 0.3) is 5.91 Å². The highest BCUT2D eigenvalue weighted by Crippen LogP contribution is 2.35. The number of amides is 1. The summed E-state index contributed by atoms with van der Waals surface area (Å²) < 4.78 is 42.1. The van der Waals surface area contributed by atoms with Crippen molar-refractivity contribution in [1.82, 2.24) is 24.4 Å². The molecule has 0 N–H and O–H groups in total. The summed E-state index contributed by atoms with van der Waals surface area (Å²) in [7, 11) is 0. The Kier molecular flexibility index (Phi) is 5.26. The van der Waals surface area contributed by atoms with Gasteiger partial charge in [-0.25, -0.2) is 9.50 Å². The zero-order valence-electron chi connectivity index (χ0n) is 15.4. The molecule has 0 aromatic carbocycles. The Morgan fingerprint density at radius 1 is 1.24 bits per heavy atom. The van der Waals surface area contributed by atoms with Crippen molar-refractivity contribution in [3.8, 4) is 10.6 Å². The van der Waals surface area contributed by atoms with Crippen molar-refractivity contribution in [3.05, 3.63) is 40.0 Å². The van der Waals surface area contributed by atoms with Gasteiger partial charge in [0.15, 0.2) is 11.3 Å². The third-order valence-electron chi connectivity index (χ3n) is 4.93. The van der Waals surface area contributed by atoms with Crippen LogP contribution in [0.2, 0.25) is 4.34 Å². The highest BCUT2D eigenvalue weighted by molar-refractivity contribution is 7.19. The topological polar surface area (TPSA) is 53.7 Å². The maximum Gasteiger partial charge on any atom is 0.433 e. The number of halogens is 4. The minimum atomic E-state index is -4.66. The van der Waals surface area contributed by atoms with Gasteiger partial charge in [-0.05, 0) is 24.7 Å². The van der Waals surface area contributed by atoms with Crippen LogP contribution in [0, 0.1) is 0 Å². The lowest BCUT2D eigenvalue weighted by molar-refractivity contribution is -0.142. The second-order valence-electron chi connectivity index (χ2n) is 6.65. The van der Waals surface area contributed by atoms with E-state index < -0.39 is 11.9 Å². The number of alkyl halides is 3. The predicted octanol–water partition coefficient (Wildman–Crippen LogP) is 3.91. The molecule has 154 valence electrons. The molecule has 1 aliphatic rings. The fraction of sp³-hybridized carbons (Fsp3) is 0.389. The van der Waals surface area contributed by atoms with Crippen LogP contribution in [0.1, 0.15) is 23.0 Å². The number of fused-ring (bicyclic) bond motifs is 1. The van der Waals surface area contributed by atoms with E-state index >= 15 is 0 Å². The van der Waals surface area contributed by atoms with Crippen LogP contribution in [0.15, 0.2) is 24.4 Å². The summed E-state index contributed by atoms with van der Waals surface area (Å²) in [5, 5.41) is 3.83. The van der Waals surface area contributed by atoms with Crippen LogP contribution in [-0.2, 0) is 6.18 Å². The minimum Gasteiger partial charge on any atom is -0.336 e. The zero-order chi connectivity index (χ0) is 20.8. The molecule has 0 saturated carbocycles. The molecule has 0 spiro atoms. The molecule has 0 aliphatic carbocycles. The van der Waals surface area contributed by atoms with Gasteiger partial charge in [0.2, 0.25) is 0 Å². The molecule has 1 fully saturated rings. The van der Waals surface area contributed by atoms with E-state index in [1.165, 1.54) is 0 Å². The van der Waals surface area contributed by atoms with Crippen LogP contribution in [0.5, 0.6) is 0 Å². The fourth-order valence-electron chi connectivity index (χ4n) is 3.33. The number of aromatic nitrogens is 3. The number of likely N-dealkylation sites (N-methyl/N-ethyl adjacent to an activating group) is 1. The van der Waals surface area contributed by atoms with Gasteiger partial charge in [0.05, 0.1) is 21.1 Å². The van der Waals surface area contributed by atoms with E-state index in [2.05, 4.69) is 15.0 Å². The molecule has 1 aliphatic heterocycles. The lowest BCUT2D eigenvalue weighted by atomic mass is 10.2. The van der Waals surface area contributed by atoms with Crippen molar-refractivity contribution in [2.75, 3.05) is 32.7 Å². The summed E-state index contributed by atoms with van der Waals surface area (Å²) in [5.74, 6) is -0.363. The minimum absolute atomic E-state index is 0.0601. The molecule has 11 heteroatoms. The highest BCUT2D eigenvalue weighted by Gasteiger charge is 2.36. The van der Waals surface area contributed by atoms with Gasteiger partial charge in [0, 0.05) is 26.2 Å². The largest absolute Gasteiger partial charge is 0.433 e. The number of hydrogen-bond acceptors (Lipinski definition) is 5. The summed E-state index contributed by atoms with van der Waals surface area (Å²) in [5.41, 5.74) is -0.934. The Morgan fingerprint density at radius 3 is 2.55 bits per heavy atom. The van der Waals surface area contributed by atoms with E-state index in [1.807, 2.05) is 6.92 Å². The molecule has 0 unspecified atom stereocenters. The molecular formula is C18H17ClF3N5OS. The molecular weight excluding hydrogens is 427 g/mol. The molecule has 0 bridgehead atoms. The third-order valence-corrected chi connectivity index (χ3v) is 6.18. The summed E-state index contributed by atoms with van der Waals surface area (Å²) in [6, 6.07) is 4.13. The van der Waals surface area contributed by atoms with Crippen LogP contribution < -0.4 is 0 Å². The first-order valence-electron chi connectivity index (χ1n) is 9.01. The van der Waals surface area contributed by atoms with E-state index in [9.17, 15) is 18.0 Å². The first-order valence-corrected chi connectivity index (χ1v) is 10.2. The highest BCUT2D eigenvalue weighted by atomic mass is 35.5. The van der Waals surface area contributed by atoms with Crippen LogP contribution in [0.3, 0.4) is 0 Å². The SMILES string of the molecule is CCN1CCN(C(=O)c2cnn3c(C(F)(F)F)cc(-c4ccc(Cl)s4)nc23)CC1. The lowest BCUT2D eigenvalue weighted by Gasteiger charge is -2.33.